The van der Waals surface area contributed by atoms with Crippen molar-refractivity contribution < 1.29 is 24.3 Å². The van der Waals surface area contributed by atoms with Gasteiger partial charge in [-0.15, -0.1) is 0 Å². The van der Waals surface area contributed by atoms with Crippen molar-refractivity contribution in [1.82, 2.24) is 20.5 Å². The van der Waals surface area contributed by atoms with Gasteiger partial charge in [-0.1, -0.05) is 32.0 Å². The highest BCUT2D eigenvalue weighted by Gasteiger charge is 2.38. The fourth-order valence-electron chi connectivity index (χ4n) is 5.12. The van der Waals surface area contributed by atoms with Crippen LogP contribution < -0.4 is 27.8 Å². The number of likely N-dealkylation sites (tertiary alicyclic amines) is 1. The quantitative estimate of drug-likeness (QED) is 0.0940. The summed E-state index contributed by atoms with van der Waals surface area (Å²) in [6.07, 6.45) is 4.02. The number of aromatic nitrogens is 1. The highest BCUT2D eigenvalue weighted by molar-refractivity contribution is 5.94. The fourth-order valence-corrected chi connectivity index (χ4v) is 5.12. The molecule has 0 radical (unpaired) electrons. The number of para-hydroxylation sites is 1. The average molecular weight is 571 g/mol. The number of carbonyl (C=O) groups is 4. The number of amides is 3. The zero-order valence-electron chi connectivity index (χ0n) is 23.6. The third kappa shape index (κ3) is 8.68. The van der Waals surface area contributed by atoms with Gasteiger partial charge in [0.2, 0.25) is 17.7 Å². The van der Waals surface area contributed by atoms with Gasteiger partial charge < -0.3 is 42.8 Å². The first-order valence-electron chi connectivity index (χ1n) is 14.0. The molecule has 13 nitrogen and oxygen atoms in total. The number of aliphatic carboxylic acids is 1. The Kier molecular flexibility index (Phi) is 11.1. The normalized spacial score (nSPS) is 17.2. The first-order chi connectivity index (χ1) is 19.5. The highest BCUT2D eigenvalue weighted by Crippen LogP contribution is 2.21. The molecule has 1 aliphatic heterocycles. The van der Waals surface area contributed by atoms with Crippen molar-refractivity contribution in [2.75, 3.05) is 13.1 Å². The summed E-state index contributed by atoms with van der Waals surface area (Å²) in [6, 6.07) is 3.75. The number of aromatic amines is 1. The van der Waals surface area contributed by atoms with Crippen LogP contribution in [0.5, 0.6) is 0 Å². The van der Waals surface area contributed by atoms with E-state index in [2.05, 4.69) is 20.6 Å². The molecule has 10 N–H and O–H groups in total. The first-order valence-corrected chi connectivity index (χ1v) is 14.0. The Morgan fingerprint density at radius 3 is 2.56 bits per heavy atom. The predicted molar refractivity (Wildman–Crippen MR) is 156 cm³/mol. The second-order valence-electron chi connectivity index (χ2n) is 10.9. The smallest absolute Gasteiger partial charge is 0.326 e. The number of H-pyrrole nitrogens is 1. The van der Waals surface area contributed by atoms with Crippen molar-refractivity contribution in [1.29, 1.82) is 0 Å². The maximum Gasteiger partial charge on any atom is 0.326 e. The van der Waals surface area contributed by atoms with Gasteiger partial charge in [0, 0.05) is 36.6 Å². The third-order valence-electron chi connectivity index (χ3n) is 7.18. The summed E-state index contributed by atoms with van der Waals surface area (Å²) in [7, 11) is 0. The lowest BCUT2D eigenvalue weighted by molar-refractivity contribution is -0.143. The summed E-state index contributed by atoms with van der Waals surface area (Å²) >= 11 is 0. The van der Waals surface area contributed by atoms with E-state index in [0.29, 0.717) is 45.2 Å². The zero-order chi connectivity index (χ0) is 30.1. The van der Waals surface area contributed by atoms with Crippen molar-refractivity contribution in [2.24, 2.45) is 28.1 Å². The van der Waals surface area contributed by atoms with Gasteiger partial charge in [0.1, 0.15) is 18.1 Å². The summed E-state index contributed by atoms with van der Waals surface area (Å²) in [5.74, 6) is -2.59. The molecular weight excluding hydrogens is 528 g/mol. The number of carboxylic acids is 1. The van der Waals surface area contributed by atoms with Crippen molar-refractivity contribution in [3.05, 3.63) is 36.0 Å². The lowest BCUT2D eigenvalue weighted by atomic mass is 10.0. The molecule has 0 bridgehead atoms. The molecule has 0 aliphatic carbocycles. The molecule has 4 atom stereocenters. The number of fused-ring (bicyclic) bond motifs is 1. The Labute approximate surface area is 239 Å². The highest BCUT2D eigenvalue weighted by atomic mass is 16.4. The molecule has 41 heavy (non-hydrogen) atoms. The van der Waals surface area contributed by atoms with Crippen LogP contribution in [0.2, 0.25) is 0 Å². The molecule has 13 heteroatoms. The molecular formula is C28H42N8O5. The number of aliphatic imine (C=N–C) groups is 1. The lowest BCUT2D eigenvalue weighted by Gasteiger charge is -2.29. The molecule has 0 spiro atoms. The number of carboxylic acid groups (broad SMARTS) is 1. The summed E-state index contributed by atoms with van der Waals surface area (Å²) in [6.45, 7) is 4.53. The number of hydrogen-bond donors (Lipinski definition) is 7. The Hall–Kier alpha value is -4.13. The van der Waals surface area contributed by atoms with Crippen molar-refractivity contribution >= 4 is 40.6 Å². The summed E-state index contributed by atoms with van der Waals surface area (Å²) < 4.78 is 0. The third-order valence-corrected chi connectivity index (χ3v) is 7.18. The van der Waals surface area contributed by atoms with E-state index < -0.39 is 42.0 Å². The molecule has 1 fully saturated rings. The largest absolute Gasteiger partial charge is 0.480 e. The van der Waals surface area contributed by atoms with Crippen LogP contribution in [0.3, 0.4) is 0 Å². The number of guanidine groups is 1. The number of hydrogen-bond acceptors (Lipinski definition) is 6. The molecule has 0 saturated carbocycles. The van der Waals surface area contributed by atoms with E-state index in [4.69, 9.17) is 17.2 Å². The molecule has 1 aliphatic rings. The zero-order valence-corrected chi connectivity index (χ0v) is 23.6. The molecule has 2 aromatic rings. The van der Waals surface area contributed by atoms with Crippen LogP contribution in [0.25, 0.3) is 10.9 Å². The van der Waals surface area contributed by atoms with Crippen LogP contribution in [0, 0.1) is 5.92 Å². The van der Waals surface area contributed by atoms with E-state index in [0.717, 1.165) is 16.5 Å². The van der Waals surface area contributed by atoms with Crippen LogP contribution in [0.4, 0.5) is 0 Å². The van der Waals surface area contributed by atoms with E-state index in [1.54, 1.807) is 6.20 Å². The monoisotopic (exact) mass is 570 g/mol. The number of nitrogens with zero attached hydrogens (tertiary/aromatic N) is 2. The van der Waals surface area contributed by atoms with E-state index in [-0.39, 0.29) is 24.2 Å². The van der Waals surface area contributed by atoms with E-state index in [1.807, 2.05) is 38.1 Å². The van der Waals surface area contributed by atoms with Gasteiger partial charge in [-0.2, -0.15) is 0 Å². The van der Waals surface area contributed by atoms with Gasteiger partial charge in [0.05, 0.1) is 6.04 Å². The van der Waals surface area contributed by atoms with E-state index >= 15 is 0 Å². The standard InChI is InChI=1S/C28H42N8O5/c1-16(2)13-21(24(37)35-22(27(40)41)14-17-15-33-20-9-4-3-7-18(17)20)34-25(38)23-10-6-12-36(23)26(39)19(29)8-5-11-32-28(30)31/h3-4,7,9,15-16,19,21-23,33H,5-6,8,10-14,29H2,1-2H3,(H,34,38)(H,35,37)(H,40,41)(H4,30,31,32). The molecule has 1 aromatic heterocycles. The predicted octanol–water partition coefficient (Wildman–Crippen LogP) is 0.183. The molecule has 3 rings (SSSR count). The van der Waals surface area contributed by atoms with Crippen LogP contribution in [-0.2, 0) is 25.6 Å². The Balaban J connectivity index is 1.66. The Morgan fingerprint density at radius 2 is 1.88 bits per heavy atom. The number of nitrogens with two attached hydrogens (primary N) is 3. The fraction of sp³-hybridized carbons (Fsp3) is 0.536. The molecule has 1 saturated heterocycles. The topological polar surface area (TPSA) is 222 Å². The van der Waals surface area contributed by atoms with Gasteiger partial charge in [-0.05, 0) is 49.7 Å². The molecule has 224 valence electrons. The maximum atomic E-state index is 13.3. The minimum atomic E-state index is -1.20. The maximum absolute atomic E-state index is 13.3. The van der Waals surface area contributed by atoms with Gasteiger partial charge in [0.25, 0.3) is 0 Å². The van der Waals surface area contributed by atoms with E-state index in [1.165, 1.54) is 4.90 Å². The Morgan fingerprint density at radius 1 is 1.15 bits per heavy atom. The van der Waals surface area contributed by atoms with E-state index in [9.17, 15) is 24.3 Å². The van der Waals surface area contributed by atoms with Crippen molar-refractivity contribution in [3.63, 3.8) is 0 Å². The Bertz CT molecular complexity index is 1260. The SMILES string of the molecule is CC(C)CC(NC(=O)C1CCCN1C(=O)C(N)CCCN=C(N)N)C(=O)NC(Cc1c[nH]c2ccccc12)C(=O)O. The van der Waals surface area contributed by atoms with Crippen LogP contribution in [-0.4, -0.2) is 81.9 Å². The van der Waals surface area contributed by atoms with Crippen LogP contribution in [0.1, 0.15) is 51.5 Å². The van der Waals surface area contributed by atoms with Gasteiger partial charge in [-0.25, -0.2) is 4.79 Å². The molecule has 4 unspecified atom stereocenters. The second-order valence-corrected chi connectivity index (χ2v) is 10.9. The summed E-state index contributed by atoms with van der Waals surface area (Å²) in [5, 5.41) is 16.1. The minimum absolute atomic E-state index is 0.0305. The van der Waals surface area contributed by atoms with Gasteiger partial charge >= 0.3 is 5.97 Å². The summed E-state index contributed by atoms with van der Waals surface area (Å²) in [4.78, 5) is 60.3. The second kappa shape index (κ2) is 14.5. The molecule has 1 aromatic carbocycles. The van der Waals surface area contributed by atoms with Gasteiger partial charge in [-0.3, -0.25) is 19.4 Å². The van der Waals surface area contributed by atoms with Crippen molar-refractivity contribution in [3.8, 4) is 0 Å². The first kappa shape index (κ1) is 31.4. The van der Waals surface area contributed by atoms with Gasteiger partial charge in [0.15, 0.2) is 5.96 Å². The number of benzene rings is 1. The number of nitrogens with one attached hydrogen (secondary N) is 3. The van der Waals surface area contributed by atoms with Crippen LogP contribution in [0.15, 0.2) is 35.5 Å². The average Bonchev–Trinajstić information content (AvgIpc) is 3.57. The van der Waals surface area contributed by atoms with Crippen molar-refractivity contribution in [2.45, 2.75) is 76.5 Å². The summed E-state index contributed by atoms with van der Waals surface area (Å²) in [5.41, 5.74) is 18.4. The number of carbonyl (C=O) groups excluding carboxylic acids is 3. The molecule has 2 heterocycles. The number of rotatable bonds is 14. The molecule has 3 amide bonds. The lowest BCUT2D eigenvalue weighted by Crippen LogP contribution is -2.57. The minimum Gasteiger partial charge on any atom is -0.480 e. The van der Waals surface area contributed by atoms with Crippen LogP contribution >= 0.6 is 0 Å².